The molecule has 1 unspecified atom stereocenters. The lowest BCUT2D eigenvalue weighted by Crippen LogP contribution is -2.57. The maximum atomic E-state index is 14.1. The molecule has 0 bridgehead atoms. The van der Waals surface area contributed by atoms with Crippen molar-refractivity contribution in [2.24, 2.45) is 4.36 Å². The molecule has 1 aromatic carbocycles. The highest BCUT2D eigenvalue weighted by atomic mass is 32.2. The number of hydrogen-bond donors (Lipinski definition) is 1. The number of nitrogens with zero attached hydrogens (tertiary/aromatic N) is 2. The summed E-state index contributed by atoms with van der Waals surface area (Å²) in [6.45, 7) is 7.75. The van der Waals surface area contributed by atoms with Crippen molar-refractivity contribution in [3.8, 4) is 0 Å². The van der Waals surface area contributed by atoms with Crippen LogP contribution in [-0.2, 0) is 19.3 Å². The molecule has 0 aliphatic heterocycles. The first-order valence-electron chi connectivity index (χ1n) is 10.1. The summed E-state index contributed by atoms with van der Waals surface area (Å²) in [5, 5.41) is 10.5. The number of hydrogen-bond acceptors (Lipinski definition) is 5. The Kier molecular flexibility index (Phi) is 9.23. The van der Waals surface area contributed by atoms with Gasteiger partial charge in [0.1, 0.15) is 27.7 Å². The van der Waals surface area contributed by atoms with Gasteiger partial charge in [0.25, 0.3) is 0 Å². The van der Waals surface area contributed by atoms with E-state index in [1.165, 1.54) is 32.9 Å². The third-order valence-electron chi connectivity index (χ3n) is 4.64. The Morgan fingerprint density at radius 2 is 1.59 bits per heavy atom. The number of carbonyl (C=O) groups excluding carboxylic acids is 2. The lowest BCUT2D eigenvalue weighted by atomic mass is 9.92. The van der Waals surface area contributed by atoms with Crippen LogP contribution in [0.15, 0.2) is 33.5 Å². The summed E-state index contributed by atoms with van der Waals surface area (Å²) in [7, 11) is -4.34. The molecular formula is C21H29F5N2O5S. The van der Waals surface area contributed by atoms with E-state index in [1.54, 1.807) is 20.8 Å². The van der Waals surface area contributed by atoms with Gasteiger partial charge in [-0.2, -0.15) is 13.2 Å². The first-order chi connectivity index (χ1) is 15.3. The number of ether oxygens (including phenoxy) is 1. The molecule has 2 amide bonds. The molecule has 0 spiro atoms. The van der Waals surface area contributed by atoms with E-state index >= 15 is 0 Å². The third kappa shape index (κ3) is 7.62. The summed E-state index contributed by atoms with van der Waals surface area (Å²) < 4.78 is 85.3. The molecule has 3 atom stereocenters. The van der Waals surface area contributed by atoms with E-state index in [9.17, 15) is 40.9 Å². The van der Waals surface area contributed by atoms with Crippen LogP contribution >= 0.6 is 0 Å². The van der Waals surface area contributed by atoms with E-state index in [4.69, 9.17) is 4.74 Å². The van der Waals surface area contributed by atoms with E-state index < -0.39 is 68.8 Å². The molecule has 34 heavy (non-hydrogen) atoms. The second-order valence-electron chi connectivity index (χ2n) is 9.07. The van der Waals surface area contributed by atoms with Crippen molar-refractivity contribution in [2.45, 2.75) is 75.9 Å². The molecule has 0 heterocycles. The Balaban J connectivity index is 3.38. The van der Waals surface area contributed by atoms with E-state index in [-0.39, 0.29) is 0 Å². The predicted octanol–water partition coefficient (Wildman–Crippen LogP) is 4.94. The second kappa shape index (κ2) is 10.5. The van der Waals surface area contributed by atoms with Gasteiger partial charge < -0.3 is 9.84 Å². The van der Waals surface area contributed by atoms with Gasteiger partial charge in [-0.1, -0.05) is 19.1 Å². The zero-order valence-electron chi connectivity index (χ0n) is 19.7. The van der Waals surface area contributed by atoms with Gasteiger partial charge in [-0.05, 0) is 52.3 Å². The number of carbonyl (C=O) groups is 2. The van der Waals surface area contributed by atoms with Gasteiger partial charge in [0.2, 0.25) is 0 Å². The van der Waals surface area contributed by atoms with Crippen LogP contribution < -0.4 is 0 Å². The summed E-state index contributed by atoms with van der Waals surface area (Å²) in [4.78, 5) is 24.2. The lowest BCUT2D eigenvalue weighted by Gasteiger charge is -2.42. The molecule has 194 valence electrons. The monoisotopic (exact) mass is 516 g/mol. The highest BCUT2D eigenvalue weighted by Gasteiger charge is 2.41. The molecule has 0 radical (unpaired) electrons. The Morgan fingerprint density at radius 1 is 1.09 bits per heavy atom. The topological polar surface area (TPSA) is 96.3 Å². The number of alkyl halides is 5. The largest absolute Gasteiger partial charge is 0.474 e. The Morgan fingerprint density at radius 3 is 1.94 bits per heavy atom. The average Bonchev–Trinajstić information content (AvgIpc) is 2.68. The number of halogens is 5. The minimum absolute atomic E-state index is 0.326. The molecule has 1 rings (SSSR count). The van der Waals surface area contributed by atoms with Crippen molar-refractivity contribution in [1.29, 1.82) is 0 Å². The van der Waals surface area contributed by atoms with E-state index in [2.05, 4.69) is 4.36 Å². The van der Waals surface area contributed by atoms with Crippen molar-refractivity contribution in [2.75, 3.05) is 12.7 Å². The fourth-order valence-electron chi connectivity index (χ4n) is 3.03. The Hall–Kier alpha value is -2.28. The molecule has 13 heteroatoms. The zero-order chi connectivity index (χ0) is 26.7. The lowest BCUT2D eigenvalue weighted by molar-refractivity contribution is -0.169. The van der Waals surface area contributed by atoms with Crippen molar-refractivity contribution < 1.29 is 45.6 Å². The molecule has 0 saturated heterocycles. The minimum Gasteiger partial charge on any atom is -0.444 e. The quantitative estimate of drug-likeness (QED) is 0.409. The zero-order valence-corrected chi connectivity index (χ0v) is 20.5. The number of amides is 2. The Labute approximate surface area is 195 Å². The predicted molar refractivity (Wildman–Crippen MR) is 115 cm³/mol. The molecule has 7 nitrogen and oxygen atoms in total. The molecular weight excluding hydrogens is 487 g/mol. The maximum Gasteiger partial charge on any atom is 0.474 e. The van der Waals surface area contributed by atoms with E-state index in [0.717, 1.165) is 17.0 Å². The molecule has 1 N–H and O–H groups in total. The number of rotatable bonds is 7. The summed E-state index contributed by atoms with van der Waals surface area (Å²) in [5.41, 5.74) is -2.44. The number of benzene rings is 1. The maximum absolute atomic E-state index is 14.1. The van der Waals surface area contributed by atoms with Crippen LogP contribution in [0.3, 0.4) is 0 Å². The van der Waals surface area contributed by atoms with E-state index in [0.29, 0.717) is 5.56 Å². The van der Waals surface area contributed by atoms with Gasteiger partial charge >= 0.3 is 18.2 Å². The first kappa shape index (κ1) is 29.8. The third-order valence-corrected chi connectivity index (χ3v) is 6.41. The summed E-state index contributed by atoms with van der Waals surface area (Å²) in [6.07, 6.45) is -6.39. The van der Waals surface area contributed by atoms with Crippen LogP contribution in [0, 0.1) is 0 Å². The van der Waals surface area contributed by atoms with Crippen LogP contribution in [-0.4, -0.2) is 62.4 Å². The van der Waals surface area contributed by atoms with Gasteiger partial charge in [0.05, 0.1) is 10.9 Å². The second-order valence-corrected chi connectivity index (χ2v) is 11.2. The molecule has 0 aliphatic rings. The smallest absolute Gasteiger partial charge is 0.444 e. The highest BCUT2D eigenvalue weighted by molar-refractivity contribution is 7.93. The van der Waals surface area contributed by atoms with Crippen LogP contribution in [0.2, 0.25) is 0 Å². The molecule has 0 aromatic heterocycles. The summed E-state index contributed by atoms with van der Waals surface area (Å²) >= 11 is 0. The molecule has 1 aromatic rings. The van der Waals surface area contributed by atoms with Gasteiger partial charge in [-0.15, -0.1) is 4.36 Å². The minimum atomic E-state index is -5.41. The van der Waals surface area contributed by atoms with Crippen molar-refractivity contribution in [3.05, 3.63) is 29.8 Å². The van der Waals surface area contributed by atoms with Crippen LogP contribution in [0.1, 0.15) is 53.0 Å². The average molecular weight is 517 g/mol. The number of aliphatic hydroxyl groups is 1. The van der Waals surface area contributed by atoms with Crippen LogP contribution in [0.25, 0.3) is 0 Å². The highest BCUT2D eigenvalue weighted by Crippen LogP contribution is 2.31. The van der Waals surface area contributed by atoms with E-state index in [1.807, 2.05) is 0 Å². The Bertz CT molecular complexity index is 991. The molecule has 0 aliphatic carbocycles. The van der Waals surface area contributed by atoms with Gasteiger partial charge in [-0.25, -0.2) is 17.8 Å². The fourth-order valence-corrected chi connectivity index (χ4v) is 4.25. The van der Waals surface area contributed by atoms with Gasteiger partial charge in [0, 0.05) is 5.92 Å². The SMILES string of the molecule is C[C@H](c1ccc(S(=O)(CF)=NC(=O)C(F)(F)F)cc1)[C@H](CF)N(C(=O)OC(C)(C)C)C(C)(C)O. The van der Waals surface area contributed by atoms with Crippen LogP contribution in [0.4, 0.5) is 26.7 Å². The summed E-state index contributed by atoms with van der Waals surface area (Å²) in [5.74, 6) is -3.48. The van der Waals surface area contributed by atoms with Crippen LogP contribution in [0.5, 0.6) is 0 Å². The first-order valence-corrected chi connectivity index (χ1v) is 11.8. The summed E-state index contributed by atoms with van der Waals surface area (Å²) in [6, 6.07) is 1.44. The van der Waals surface area contributed by atoms with Crippen molar-refractivity contribution in [1.82, 2.24) is 4.90 Å². The normalized spacial score (nSPS) is 16.2. The molecule has 0 saturated carbocycles. The molecule has 0 fully saturated rings. The van der Waals surface area contributed by atoms with Crippen molar-refractivity contribution >= 4 is 21.7 Å². The fraction of sp³-hybridized carbons (Fsp3) is 0.619. The van der Waals surface area contributed by atoms with Gasteiger partial charge in [-0.3, -0.25) is 9.69 Å². The standard InChI is InChI=1S/C21H29F5N2O5S/c1-13(16(11-22)28(20(5,6)31)18(30)33-19(2,3)4)14-7-9-15(10-8-14)34(32,12-23)27-17(29)21(24,25)26/h7-10,13,16,31H,11-12H2,1-6H3/t13-,16+,34?/m1/s1. The van der Waals surface area contributed by atoms with Crippen molar-refractivity contribution in [3.63, 3.8) is 0 Å². The van der Waals surface area contributed by atoms with Gasteiger partial charge in [0.15, 0.2) is 6.01 Å².